The summed E-state index contributed by atoms with van der Waals surface area (Å²) in [5.41, 5.74) is 0.0492. The molecular formula is C19H38N4O2. The number of aliphatic hydroxyl groups is 1. The highest BCUT2D eigenvalue weighted by Gasteiger charge is 2.34. The largest absolute Gasteiger partial charge is 0.396 e. The van der Waals surface area contributed by atoms with Gasteiger partial charge in [0.05, 0.1) is 6.61 Å². The summed E-state index contributed by atoms with van der Waals surface area (Å²) in [6.07, 6.45) is 9.83. The van der Waals surface area contributed by atoms with E-state index in [2.05, 4.69) is 27.6 Å². The van der Waals surface area contributed by atoms with Crippen molar-refractivity contribution in [3.05, 3.63) is 0 Å². The number of nitrogens with one attached hydrogen (secondary N) is 2. The Morgan fingerprint density at radius 2 is 2.08 bits per heavy atom. The lowest BCUT2D eigenvalue weighted by Gasteiger charge is -2.31. The minimum absolute atomic E-state index is 0.0492. The maximum Gasteiger partial charge on any atom is 0.190 e. The van der Waals surface area contributed by atoms with Crippen molar-refractivity contribution in [3.63, 3.8) is 0 Å². The number of aliphatic imine (C=N–C) groups is 1. The van der Waals surface area contributed by atoms with Crippen LogP contribution in [0.1, 0.15) is 51.4 Å². The molecule has 2 fully saturated rings. The first kappa shape index (κ1) is 20.5. The summed E-state index contributed by atoms with van der Waals surface area (Å²) in [6.45, 7) is 4.60. The highest BCUT2D eigenvalue weighted by molar-refractivity contribution is 5.79. The van der Waals surface area contributed by atoms with Gasteiger partial charge in [0.2, 0.25) is 0 Å². The maximum absolute atomic E-state index is 9.31. The van der Waals surface area contributed by atoms with E-state index in [1.165, 1.54) is 32.1 Å². The van der Waals surface area contributed by atoms with Crippen LogP contribution in [0.15, 0.2) is 4.99 Å². The second-order valence-electron chi connectivity index (χ2n) is 7.75. The number of nitrogens with zero attached hydrogens (tertiary/aromatic N) is 2. The van der Waals surface area contributed by atoms with E-state index in [0.717, 1.165) is 64.1 Å². The smallest absolute Gasteiger partial charge is 0.190 e. The SMILES string of the molecule is CN=C(NCCCN(C)C1CCCCC1)NCC1(CCO)CCOC1. The van der Waals surface area contributed by atoms with Crippen LogP contribution < -0.4 is 10.6 Å². The van der Waals surface area contributed by atoms with Crippen LogP contribution in [0.2, 0.25) is 0 Å². The molecule has 1 atom stereocenters. The van der Waals surface area contributed by atoms with E-state index in [9.17, 15) is 5.11 Å². The summed E-state index contributed by atoms with van der Waals surface area (Å²) in [5, 5.41) is 16.2. The summed E-state index contributed by atoms with van der Waals surface area (Å²) in [6, 6.07) is 0.784. The van der Waals surface area contributed by atoms with Crippen molar-refractivity contribution in [3.8, 4) is 0 Å². The molecule has 1 aliphatic heterocycles. The number of aliphatic hydroxyl groups excluding tert-OH is 1. The summed E-state index contributed by atoms with van der Waals surface area (Å²) in [4.78, 5) is 6.86. The minimum atomic E-state index is 0.0492. The van der Waals surface area contributed by atoms with Crippen LogP contribution in [-0.4, -0.2) is 75.6 Å². The van der Waals surface area contributed by atoms with Gasteiger partial charge < -0.3 is 25.4 Å². The van der Waals surface area contributed by atoms with E-state index in [1.807, 2.05) is 7.05 Å². The van der Waals surface area contributed by atoms with Crippen LogP contribution in [0.5, 0.6) is 0 Å². The molecule has 1 heterocycles. The first-order chi connectivity index (χ1) is 12.2. The Balaban J connectivity index is 1.63. The van der Waals surface area contributed by atoms with Gasteiger partial charge in [0.25, 0.3) is 0 Å². The van der Waals surface area contributed by atoms with Crippen LogP contribution in [0.4, 0.5) is 0 Å². The van der Waals surface area contributed by atoms with E-state index in [1.54, 1.807) is 0 Å². The predicted molar refractivity (Wildman–Crippen MR) is 103 cm³/mol. The molecule has 0 aromatic rings. The topological polar surface area (TPSA) is 69.1 Å². The Morgan fingerprint density at radius 1 is 1.28 bits per heavy atom. The van der Waals surface area contributed by atoms with Crippen molar-refractivity contribution < 1.29 is 9.84 Å². The molecule has 3 N–H and O–H groups in total. The third-order valence-corrected chi connectivity index (χ3v) is 5.86. The Bertz CT molecular complexity index is 391. The summed E-state index contributed by atoms with van der Waals surface area (Å²) < 4.78 is 5.54. The van der Waals surface area contributed by atoms with Gasteiger partial charge in [-0.1, -0.05) is 19.3 Å². The third-order valence-electron chi connectivity index (χ3n) is 5.86. The van der Waals surface area contributed by atoms with Gasteiger partial charge in [-0.3, -0.25) is 4.99 Å². The molecule has 6 heteroatoms. The molecule has 6 nitrogen and oxygen atoms in total. The molecule has 1 saturated heterocycles. The second-order valence-corrected chi connectivity index (χ2v) is 7.75. The highest BCUT2D eigenvalue weighted by atomic mass is 16.5. The lowest BCUT2D eigenvalue weighted by Crippen LogP contribution is -2.45. The number of hydrogen-bond acceptors (Lipinski definition) is 4. The fraction of sp³-hybridized carbons (Fsp3) is 0.947. The van der Waals surface area contributed by atoms with Gasteiger partial charge in [0.15, 0.2) is 5.96 Å². The average molecular weight is 355 g/mol. The predicted octanol–water partition coefficient (Wildman–Crippen LogP) is 1.60. The molecule has 2 aliphatic rings. The van der Waals surface area contributed by atoms with Gasteiger partial charge >= 0.3 is 0 Å². The van der Waals surface area contributed by atoms with Crippen molar-refractivity contribution >= 4 is 5.96 Å². The first-order valence-electron chi connectivity index (χ1n) is 10.0. The lowest BCUT2D eigenvalue weighted by atomic mass is 9.84. The Hall–Kier alpha value is -0.850. The third kappa shape index (κ3) is 6.76. The standard InChI is InChI=1S/C19H38N4O2/c1-20-18(22-15-19(9-13-24)10-14-25-16-19)21-11-6-12-23(2)17-7-4-3-5-8-17/h17,24H,3-16H2,1-2H3,(H2,20,21,22). The monoisotopic (exact) mass is 354 g/mol. The van der Waals surface area contributed by atoms with Gasteiger partial charge in [0.1, 0.15) is 0 Å². The van der Waals surface area contributed by atoms with Gasteiger partial charge in [0, 0.05) is 44.8 Å². The Labute approximate surface area is 153 Å². The van der Waals surface area contributed by atoms with Crippen molar-refractivity contribution in [1.29, 1.82) is 0 Å². The van der Waals surface area contributed by atoms with E-state index >= 15 is 0 Å². The zero-order chi connectivity index (χ0) is 18.0. The highest BCUT2D eigenvalue weighted by Crippen LogP contribution is 2.31. The Kier molecular flexibility index (Phi) is 8.99. The molecule has 0 aromatic heterocycles. The molecule has 25 heavy (non-hydrogen) atoms. The van der Waals surface area contributed by atoms with Gasteiger partial charge in [-0.25, -0.2) is 0 Å². The molecule has 1 saturated carbocycles. The van der Waals surface area contributed by atoms with E-state index < -0.39 is 0 Å². The number of ether oxygens (including phenoxy) is 1. The van der Waals surface area contributed by atoms with Gasteiger partial charge in [-0.2, -0.15) is 0 Å². The molecule has 0 amide bonds. The van der Waals surface area contributed by atoms with Crippen molar-refractivity contribution in [2.45, 2.75) is 57.4 Å². The zero-order valence-electron chi connectivity index (χ0n) is 16.2. The number of guanidine groups is 1. The van der Waals surface area contributed by atoms with E-state index in [-0.39, 0.29) is 12.0 Å². The molecule has 0 bridgehead atoms. The maximum atomic E-state index is 9.31. The van der Waals surface area contributed by atoms with Crippen LogP contribution in [0, 0.1) is 5.41 Å². The molecule has 0 radical (unpaired) electrons. The first-order valence-corrected chi connectivity index (χ1v) is 10.0. The Morgan fingerprint density at radius 3 is 2.72 bits per heavy atom. The van der Waals surface area contributed by atoms with Crippen LogP contribution in [0.25, 0.3) is 0 Å². The lowest BCUT2D eigenvalue weighted by molar-refractivity contribution is 0.127. The van der Waals surface area contributed by atoms with Crippen LogP contribution in [-0.2, 0) is 4.74 Å². The summed E-state index contributed by atoms with van der Waals surface area (Å²) in [5.74, 6) is 0.851. The van der Waals surface area contributed by atoms with Crippen molar-refractivity contribution in [1.82, 2.24) is 15.5 Å². The molecule has 1 aliphatic carbocycles. The van der Waals surface area contributed by atoms with E-state index in [0.29, 0.717) is 0 Å². The summed E-state index contributed by atoms with van der Waals surface area (Å²) in [7, 11) is 4.08. The fourth-order valence-electron chi connectivity index (χ4n) is 4.04. The van der Waals surface area contributed by atoms with E-state index in [4.69, 9.17) is 4.74 Å². The average Bonchev–Trinajstić information content (AvgIpc) is 3.11. The molecule has 0 spiro atoms. The number of hydrogen-bond donors (Lipinski definition) is 3. The minimum Gasteiger partial charge on any atom is -0.396 e. The van der Waals surface area contributed by atoms with Gasteiger partial charge in [-0.05, 0) is 45.7 Å². The molecule has 0 aromatic carbocycles. The molecule has 1 unspecified atom stereocenters. The zero-order valence-corrected chi connectivity index (χ0v) is 16.2. The van der Waals surface area contributed by atoms with Crippen LogP contribution >= 0.6 is 0 Å². The van der Waals surface area contributed by atoms with Gasteiger partial charge in [-0.15, -0.1) is 0 Å². The normalized spacial score (nSPS) is 25.5. The fourth-order valence-corrected chi connectivity index (χ4v) is 4.04. The quantitative estimate of drug-likeness (QED) is 0.333. The summed E-state index contributed by atoms with van der Waals surface area (Å²) >= 11 is 0. The van der Waals surface area contributed by atoms with Crippen LogP contribution in [0.3, 0.4) is 0 Å². The second kappa shape index (κ2) is 11.0. The van der Waals surface area contributed by atoms with Crippen molar-refractivity contribution in [2.24, 2.45) is 10.4 Å². The molecular weight excluding hydrogens is 316 g/mol. The molecule has 146 valence electrons. The molecule has 2 rings (SSSR count). The van der Waals surface area contributed by atoms with Crippen molar-refractivity contribution in [2.75, 3.05) is 53.6 Å². The number of rotatable bonds is 9.